The first-order chi connectivity index (χ1) is 12.8. The first kappa shape index (κ1) is 20.2. The van der Waals surface area contributed by atoms with Crippen molar-refractivity contribution < 1.29 is 28.6 Å². The molecule has 0 saturated carbocycles. The molecular weight excluding hydrogens is 350 g/mol. The van der Waals surface area contributed by atoms with Gasteiger partial charge >= 0.3 is 11.9 Å². The number of aromatic amines is 1. The third kappa shape index (κ3) is 4.36. The summed E-state index contributed by atoms with van der Waals surface area (Å²) in [7, 11) is 1.49. The van der Waals surface area contributed by atoms with Crippen molar-refractivity contribution in [3.63, 3.8) is 0 Å². The number of rotatable bonds is 7. The molecule has 7 heteroatoms. The van der Waals surface area contributed by atoms with E-state index in [-0.39, 0.29) is 17.9 Å². The van der Waals surface area contributed by atoms with E-state index in [0.717, 1.165) is 0 Å². The predicted molar refractivity (Wildman–Crippen MR) is 98.4 cm³/mol. The molecular formula is C20H23NO6. The van der Waals surface area contributed by atoms with E-state index in [1.807, 2.05) is 0 Å². The number of aromatic nitrogens is 1. The molecule has 0 saturated heterocycles. The van der Waals surface area contributed by atoms with Gasteiger partial charge in [-0.3, -0.25) is 4.79 Å². The fourth-order valence-corrected chi connectivity index (χ4v) is 2.74. The van der Waals surface area contributed by atoms with Gasteiger partial charge in [0, 0.05) is 5.69 Å². The second-order valence-corrected chi connectivity index (χ2v) is 5.99. The Labute approximate surface area is 157 Å². The fraction of sp³-hybridized carbons (Fsp3) is 0.350. The molecule has 27 heavy (non-hydrogen) atoms. The summed E-state index contributed by atoms with van der Waals surface area (Å²) in [6.07, 6.45) is -1.03. The van der Waals surface area contributed by atoms with Crippen molar-refractivity contribution in [1.29, 1.82) is 0 Å². The molecule has 1 atom stereocenters. The Morgan fingerprint density at radius 2 is 1.85 bits per heavy atom. The van der Waals surface area contributed by atoms with E-state index in [1.165, 1.54) is 20.1 Å². The average Bonchev–Trinajstić information content (AvgIpc) is 2.95. The maximum atomic E-state index is 12.7. The van der Waals surface area contributed by atoms with E-state index in [4.69, 9.17) is 14.2 Å². The van der Waals surface area contributed by atoms with Crippen LogP contribution in [0.25, 0.3) is 0 Å². The van der Waals surface area contributed by atoms with Crippen LogP contribution >= 0.6 is 0 Å². The Bertz CT molecular complexity index is 867. The number of aryl methyl sites for hydroxylation is 1. The van der Waals surface area contributed by atoms with E-state index >= 15 is 0 Å². The van der Waals surface area contributed by atoms with Crippen molar-refractivity contribution >= 4 is 17.7 Å². The molecule has 1 heterocycles. The lowest BCUT2D eigenvalue weighted by molar-refractivity contribution is 0.0316. The van der Waals surface area contributed by atoms with E-state index in [9.17, 15) is 14.4 Å². The highest BCUT2D eigenvalue weighted by molar-refractivity contribution is 6.04. The van der Waals surface area contributed by atoms with Crippen molar-refractivity contribution in [3.05, 3.63) is 52.3 Å². The van der Waals surface area contributed by atoms with Crippen LogP contribution in [0.2, 0.25) is 0 Å². The number of ether oxygens (including phenoxy) is 3. The lowest BCUT2D eigenvalue weighted by Crippen LogP contribution is -2.25. The molecule has 0 aliphatic rings. The van der Waals surface area contributed by atoms with Crippen LogP contribution in [-0.2, 0) is 9.47 Å². The average molecular weight is 373 g/mol. The van der Waals surface area contributed by atoms with Crippen molar-refractivity contribution in [2.45, 2.75) is 33.8 Å². The van der Waals surface area contributed by atoms with Gasteiger partial charge in [0.25, 0.3) is 0 Å². The number of hydrogen-bond acceptors (Lipinski definition) is 6. The molecule has 0 radical (unpaired) electrons. The summed E-state index contributed by atoms with van der Waals surface area (Å²) in [6.45, 7) is 6.77. The van der Waals surface area contributed by atoms with Crippen LogP contribution in [-0.4, -0.2) is 42.5 Å². The summed E-state index contributed by atoms with van der Waals surface area (Å²) >= 11 is 0. The summed E-state index contributed by atoms with van der Waals surface area (Å²) in [5, 5.41) is 0. The molecule has 0 amide bonds. The molecule has 0 fully saturated rings. The maximum absolute atomic E-state index is 12.7. The Hall–Kier alpha value is -3.09. The van der Waals surface area contributed by atoms with Crippen LogP contribution in [0, 0.1) is 13.8 Å². The van der Waals surface area contributed by atoms with Gasteiger partial charge in [-0.15, -0.1) is 0 Å². The Morgan fingerprint density at radius 3 is 2.48 bits per heavy atom. The van der Waals surface area contributed by atoms with Crippen LogP contribution < -0.4 is 4.74 Å². The molecule has 0 aliphatic heterocycles. The summed E-state index contributed by atoms with van der Waals surface area (Å²) < 4.78 is 15.4. The van der Waals surface area contributed by atoms with E-state index in [0.29, 0.717) is 22.6 Å². The molecule has 0 bridgehead atoms. The molecule has 7 nitrogen and oxygen atoms in total. The number of H-pyrrole nitrogens is 1. The monoisotopic (exact) mass is 373 g/mol. The first-order valence-corrected chi connectivity index (χ1v) is 8.55. The highest BCUT2D eigenvalue weighted by atomic mass is 16.5. The fourth-order valence-electron chi connectivity index (χ4n) is 2.74. The topological polar surface area (TPSA) is 94.7 Å². The summed E-state index contributed by atoms with van der Waals surface area (Å²) in [5.74, 6) is -1.05. The molecule has 2 rings (SSSR count). The zero-order valence-electron chi connectivity index (χ0n) is 16.0. The van der Waals surface area contributed by atoms with Crippen LogP contribution in [0.5, 0.6) is 5.75 Å². The number of nitrogens with one attached hydrogen (secondary N) is 1. The Morgan fingerprint density at radius 1 is 1.15 bits per heavy atom. The molecule has 2 aromatic rings. The second kappa shape index (κ2) is 8.53. The normalized spacial score (nSPS) is 11.6. The van der Waals surface area contributed by atoms with Crippen LogP contribution in [0.1, 0.15) is 56.3 Å². The van der Waals surface area contributed by atoms with Gasteiger partial charge in [0.05, 0.1) is 30.5 Å². The van der Waals surface area contributed by atoms with Gasteiger partial charge in [0.2, 0.25) is 5.78 Å². The highest BCUT2D eigenvalue weighted by Crippen LogP contribution is 2.21. The Balaban J connectivity index is 2.19. The molecule has 144 valence electrons. The maximum Gasteiger partial charge on any atom is 0.340 e. The van der Waals surface area contributed by atoms with Gasteiger partial charge in [0.15, 0.2) is 6.10 Å². The van der Waals surface area contributed by atoms with Crippen molar-refractivity contribution in [2.24, 2.45) is 0 Å². The molecule has 0 spiro atoms. The van der Waals surface area contributed by atoms with Gasteiger partial charge < -0.3 is 19.2 Å². The number of methoxy groups -OCH3 is 1. The zero-order valence-corrected chi connectivity index (χ0v) is 16.0. The minimum absolute atomic E-state index is 0.224. The van der Waals surface area contributed by atoms with Gasteiger partial charge in [-0.05, 0) is 51.5 Å². The lowest BCUT2D eigenvalue weighted by Gasteiger charge is -2.12. The number of carbonyl (C=O) groups excluding carboxylic acids is 3. The van der Waals surface area contributed by atoms with Gasteiger partial charge in [-0.1, -0.05) is 6.07 Å². The van der Waals surface area contributed by atoms with Crippen molar-refractivity contribution in [3.8, 4) is 5.75 Å². The van der Waals surface area contributed by atoms with Crippen LogP contribution in [0.4, 0.5) is 0 Å². The van der Waals surface area contributed by atoms with Gasteiger partial charge in [-0.2, -0.15) is 0 Å². The first-order valence-electron chi connectivity index (χ1n) is 8.55. The second-order valence-electron chi connectivity index (χ2n) is 5.99. The largest absolute Gasteiger partial charge is 0.497 e. The summed E-state index contributed by atoms with van der Waals surface area (Å²) in [6, 6.07) is 6.47. The highest BCUT2D eigenvalue weighted by Gasteiger charge is 2.27. The Kier molecular flexibility index (Phi) is 6.39. The molecule has 1 N–H and O–H groups in total. The minimum atomic E-state index is -1.03. The summed E-state index contributed by atoms with van der Waals surface area (Å²) in [5.41, 5.74) is 1.83. The minimum Gasteiger partial charge on any atom is -0.497 e. The number of carbonyl (C=O) groups is 3. The van der Waals surface area contributed by atoms with Crippen LogP contribution in [0.3, 0.4) is 0 Å². The number of esters is 2. The standard InChI is InChI=1S/C20H23NO6/c1-6-26-20(24)16-11(2)17(21-12(16)3)18(22)13(4)27-19(23)14-8-7-9-15(10-14)25-5/h7-10,13,21H,6H2,1-5H3/t13-/m0/s1. The SMILES string of the molecule is CCOC(=O)c1c(C)[nH]c(C(=O)[C@H](C)OC(=O)c2cccc(OC)c2)c1C. The number of Topliss-reactive ketones (excluding diaryl/α,β-unsaturated/α-hetero) is 1. The van der Waals surface area contributed by atoms with Crippen LogP contribution in [0.15, 0.2) is 24.3 Å². The van der Waals surface area contributed by atoms with E-state index in [1.54, 1.807) is 39.0 Å². The third-order valence-corrected chi connectivity index (χ3v) is 4.12. The number of benzene rings is 1. The summed E-state index contributed by atoms with van der Waals surface area (Å²) in [4.78, 5) is 40.0. The van der Waals surface area contributed by atoms with Gasteiger partial charge in [0.1, 0.15) is 5.75 Å². The van der Waals surface area contributed by atoms with Gasteiger partial charge in [-0.25, -0.2) is 9.59 Å². The molecule has 1 aromatic heterocycles. The molecule has 0 unspecified atom stereocenters. The number of hydrogen-bond donors (Lipinski definition) is 1. The zero-order chi connectivity index (χ0) is 20.1. The van der Waals surface area contributed by atoms with Crippen molar-refractivity contribution in [2.75, 3.05) is 13.7 Å². The quantitative estimate of drug-likeness (QED) is 0.591. The molecule has 0 aliphatic carbocycles. The van der Waals surface area contributed by atoms with E-state index < -0.39 is 23.8 Å². The lowest BCUT2D eigenvalue weighted by atomic mass is 10.1. The third-order valence-electron chi connectivity index (χ3n) is 4.12. The predicted octanol–water partition coefficient (Wildman–Crippen LogP) is 3.25. The van der Waals surface area contributed by atoms with E-state index in [2.05, 4.69) is 4.98 Å². The smallest absolute Gasteiger partial charge is 0.340 e. The van der Waals surface area contributed by atoms with Crippen molar-refractivity contribution in [1.82, 2.24) is 4.98 Å². The molecule has 1 aromatic carbocycles. The number of ketones is 1.